The van der Waals surface area contributed by atoms with Gasteiger partial charge in [0.2, 0.25) is 5.91 Å². The van der Waals surface area contributed by atoms with Crippen LogP contribution in [0.3, 0.4) is 0 Å². The Balaban J connectivity index is 1.78. The minimum absolute atomic E-state index is 0.0000661. The average Bonchev–Trinajstić information content (AvgIpc) is 2.88. The van der Waals surface area contributed by atoms with E-state index in [1.807, 2.05) is 23.9 Å². The Kier molecular flexibility index (Phi) is 3.56. The first-order valence-electron chi connectivity index (χ1n) is 5.77. The summed E-state index contributed by atoms with van der Waals surface area (Å²) in [5.74, 6) is 0.108. The van der Waals surface area contributed by atoms with Gasteiger partial charge in [0.1, 0.15) is 0 Å². The van der Waals surface area contributed by atoms with E-state index in [2.05, 4.69) is 15.7 Å². The van der Waals surface area contributed by atoms with Gasteiger partial charge in [0.05, 0.1) is 12.6 Å². The molecule has 0 aromatic carbocycles. The molecule has 5 heteroatoms. The van der Waals surface area contributed by atoms with Crippen molar-refractivity contribution in [2.24, 2.45) is 0 Å². The molecule has 0 radical (unpaired) electrons. The van der Waals surface area contributed by atoms with Crippen molar-refractivity contribution in [1.29, 1.82) is 0 Å². The number of nitrogens with zero attached hydrogens (tertiary/aromatic N) is 2. The van der Waals surface area contributed by atoms with Crippen LogP contribution in [-0.2, 0) is 11.3 Å². The Labute approximate surface area is 95.2 Å². The van der Waals surface area contributed by atoms with E-state index in [0.717, 1.165) is 19.4 Å². The molecule has 1 unspecified atom stereocenters. The molecule has 2 N–H and O–H groups in total. The summed E-state index contributed by atoms with van der Waals surface area (Å²) in [6, 6.07) is 1.99. The van der Waals surface area contributed by atoms with Gasteiger partial charge in [-0.15, -0.1) is 0 Å². The highest BCUT2D eigenvalue weighted by molar-refractivity contribution is 5.82. The van der Waals surface area contributed by atoms with Gasteiger partial charge in [0.25, 0.3) is 0 Å². The number of nitrogens with one attached hydrogen (secondary N) is 2. The fraction of sp³-hybridized carbons (Fsp3) is 0.636. The predicted octanol–water partition coefficient (Wildman–Crippen LogP) is 0.140. The SMILES string of the molecule is CC(Cn1cccn1)NC(=O)[C@@H]1CCCN1. The first-order chi connectivity index (χ1) is 7.75. The second-order valence-electron chi connectivity index (χ2n) is 4.29. The second kappa shape index (κ2) is 5.12. The van der Waals surface area contributed by atoms with Gasteiger partial charge in [0.15, 0.2) is 0 Å². The zero-order valence-electron chi connectivity index (χ0n) is 9.52. The van der Waals surface area contributed by atoms with E-state index in [4.69, 9.17) is 0 Å². The van der Waals surface area contributed by atoms with Crippen molar-refractivity contribution in [3.8, 4) is 0 Å². The Morgan fingerprint density at radius 1 is 1.75 bits per heavy atom. The maximum Gasteiger partial charge on any atom is 0.237 e. The highest BCUT2D eigenvalue weighted by Crippen LogP contribution is 2.05. The molecule has 88 valence electrons. The van der Waals surface area contributed by atoms with Crippen LogP contribution in [0, 0.1) is 0 Å². The minimum Gasteiger partial charge on any atom is -0.350 e. The zero-order valence-corrected chi connectivity index (χ0v) is 9.52. The fourth-order valence-electron chi connectivity index (χ4n) is 1.99. The van der Waals surface area contributed by atoms with Crippen molar-refractivity contribution < 1.29 is 4.79 Å². The topological polar surface area (TPSA) is 59.0 Å². The molecule has 1 aromatic rings. The van der Waals surface area contributed by atoms with Gasteiger partial charge in [-0.1, -0.05) is 0 Å². The molecule has 2 rings (SSSR count). The minimum atomic E-state index is 0.0000661. The zero-order chi connectivity index (χ0) is 11.4. The Morgan fingerprint density at radius 3 is 3.25 bits per heavy atom. The summed E-state index contributed by atoms with van der Waals surface area (Å²) in [5.41, 5.74) is 0. The third-order valence-electron chi connectivity index (χ3n) is 2.79. The molecule has 1 aromatic heterocycles. The number of rotatable bonds is 4. The van der Waals surface area contributed by atoms with Crippen molar-refractivity contribution in [2.75, 3.05) is 6.54 Å². The summed E-state index contributed by atoms with van der Waals surface area (Å²) in [4.78, 5) is 11.8. The molecule has 2 atom stereocenters. The van der Waals surface area contributed by atoms with Crippen LogP contribution in [0.25, 0.3) is 0 Å². The molecule has 1 fully saturated rings. The van der Waals surface area contributed by atoms with Crippen molar-refractivity contribution in [3.63, 3.8) is 0 Å². The maximum atomic E-state index is 11.8. The molecule has 16 heavy (non-hydrogen) atoms. The number of amides is 1. The number of carbonyl (C=O) groups excluding carboxylic acids is 1. The van der Waals surface area contributed by atoms with Crippen LogP contribution >= 0.6 is 0 Å². The number of hydrogen-bond acceptors (Lipinski definition) is 3. The summed E-state index contributed by atoms with van der Waals surface area (Å²) in [5, 5.41) is 10.3. The summed E-state index contributed by atoms with van der Waals surface area (Å²) < 4.78 is 1.83. The van der Waals surface area contributed by atoms with E-state index in [1.54, 1.807) is 6.20 Å². The molecule has 1 amide bonds. The van der Waals surface area contributed by atoms with Gasteiger partial charge in [-0.25, -0.2) is 0 Å². The van der Waals surface area contributed by atoms with Gasteiger partial charge in [-0.2, -0.15) is 5.10 Å². The number of carbonyl (C=O) groups is 1. The summed E-state index contributed by atoms with van der Waals surface area (Å²) in [7, 11) is 0. The molecular formula is C11H18N4O. The van der Waals surface area contributed by atoms with E-state index >= 15 is 0 Å². The van der Waals surface area contributed by atoms with E-state index in [1.165, 1.54) is 0 Å². The molecular weight excluding hydrogens is 204 g/mol. The average molecular weight is 222 g/mol. The summed E-state index contributed by atoms with van der Waals surface area (Å²) in [6.07, 6.45) is 5.68. The van der Waals surface area contributed by atoms with Crippen LogP contribution in [0.2, 0.25) is 0 Å². The summed E-state index contributed by atoms with van der Waals surface area (Å²) >= 11 is 0. The van der Waals surface area contributed by atoms with Crippen LogP contribution < -0.4 is 10.6 Å². The normalized spacial score (nSPS) is 21.9. The molecule has 1 aliphatic rings. The summed E-state index contributed by atoms with van der Waals surface area (Å²) in [6.45, 7) is 3.66. The molecule has 5 nitrogen and oxygen atoms in total. The quantitative estimate of drug-likeness (QED) is 0.762. The standard InChI is InChI=1S/C11H18N4O/c1-9(8-15-7-3-6-13-15)14-11(16)10-4-2-5-12-10/h3,6-7,9-10,12H,2,4-5,8H2,1H3,(H,14,16)/t9?,10-/m0/s1. The van der Waals surface area contributed by atoms with E-state index in [0.29, 0.717) is 6.54 Å². The largest absolute Gasteiger partial charge is 0.350 e. The third kappa shape index (κ3) is 2.82. The maximum absolute atomic E-state index is 11.8. The molecule has 1 saturated heterocycles. The van der Waals surface area contributed by atoms with Crippen LogP contribution in [0.1, 0.15) is 19.8 Å². The predicted molar refractivity (Wildman–Crippen MR) is 60.9 cm³/mol. The molecule has 0 spiro atoms. The first kappa shape index (κ1) is 11.1. The van der Waals surface area contributed by atoms with Crippen molar-refractivity contribution in [2.45, 2.75) is 38.4 Å². The lowest BCUT2D eigenvalue weighted by atomic mass is 10.2. The molecule has 0 bridgehead atoms. The van der Waals surface area contributed by atoms with Crippen LogP contribution in [0.5, 0.6) is 0 Å². The monoisotopic (exact) mass is 222 g/mol. The van der Waals surface area contributed by atoms with Gasteiger partial charge in [0, 0.05) is 18.4 Å². The van der Waals surface area contributed by atoms with Crippen LogP contribution in [0.15, 0.2) is 18.5 Å². The Hall–Kier alpha value is -1.36. The lowest BCUT2D eigenvalue weighted by molar-refractivity contribution is -0.123. The lowest BCUT2D eigenvalue weighted by Gasteiger charge is -2.17. The van der Waals surface area contributed by atoms with E-state index in [-0.39, 0.29) is 18.0 Å². The number of aromatic nitrogens is 2. The Bertz CT molecular complexity index is 330. The first-order valence-corrected chi connectivity index (χ1v) is 5.77. The molecule has 1 aliphatic heterocycles. The fourth-order valence-corrected chi connectivity index (χ4v) is 1.99. The molecule has 2 heterocycles. The van der Waals surface area contributed by atoms with E-state index in [9.17, 15) is 4.79 Å². The highest BCUT2D eigenvalue weighted by atomic mass is 16.2. The van der Waals surface area contributed by atoms with Gasteiger partial charge in [-0.3, -0.25) is 9.48 Å². The molecule has 0 aliphatic carbocycles. The van der Waals surface area contributed by atoms with Crippen molar-refractivity contribution >= 4 is 5.91 Å². The van der Waals surface area contributed by atoms with Crippen molar-refractivity contribution in [1.82, 2.24) is 20.4 Å². The lowest BCUT2D eigenvalue weighted by Crippen LogP contribution is -2.45. The van der Waals surface area contributed by atoms with Gasteiger partial charge in [-0.05, 0) is 32.4 Å². The molecule has 0 saturated carbocycles. The van der Waals surface area contributed by atoms with Gasteiger partial charge < -0.3 is 10.6 Å². The Morgan fingerprint density at radius 2 is 2.62 bits per heavy atom. The number of hydrogen-bond donors (Lipinski definition) is 2. The highest BCUT2D eigenvalue weighted by Gasteiger charge is 2.22. The van der Waals surface area contributed by atoms with Gasteiger partial charge >= 0.3 is 0 Å². The van der Waals surface area contributed by atoms with Crippen LogP contribution in [-0.4, -0.2) is 34.3 Å². The van der Waals surface area contributed by atoms with Crippen molar-refractivity contribution in [3.05, 3.63) is 18.5 Å². The van der Waals surface area contributed by atoms with E-state index < -0.39 is 0 Å². The smallest absolute Gasteiger partial charge is 0.237 e. The third-order valence-corrected chi connectivity index (χ3v) is 2.79. The second-order valence-corrected chi connectivity index (χ2v) is 4.29. The van der Waals surface area contributed by atoms with Crippen LogP contribution in [0.4, 0.5) is 0 Å².